The molecule has 2 atom stereocenters. The van der Waals surface area contributed by atoms with E-state index in [1.165, 1.54) is 0 Å². The zero-order valence-electron chi connectivity index (χ0n) is 12.3. The zero-order valence-corrected chi connectivity index (χ0v) is 13.1. The fourth-order valence-corrected chi connectivity index (χ4v) is 3.78. The summed E-state index contributed by atoms with van der Waals surface area (Å²) in [6.07, 6.45) is 7.29. The highest BCUT2D eigenvalue weighted by atomic mass is 32.2. The molecule has 0 saturated carbocycles. The van der Waals surface area contributed by atoms with Crippen molar-refractivity contribution in [1.29, 1.82) is 0 Å². The highest BCUT2D eigenvalue weighted by Crippen LogP contribution is 2.28. The molecule has 4 heteroatoms. The quantitative estimate of drug-likeness (QED) is 0.773. The summed E-state index contributed by atoms with van der Waals surface area (Å²) in [4.78, 5) is 14.8. The average molecular weight is 272 g/mol. The summed E-state index contributed by atoms with van der Waals surface area (Å²) in [5, 5.41) is 3.47. The van der Waals surface area contributed by atoms with Crippen LogP contribution in [0.3, 0.4) is 0 Å². The second-order valence-corrected chi connectivity index (χ2v) is 6.21. The Morgan fingerprint density at radius 3 is 2.67 bits per heavy atom. The van der Waals surface area contributed by atoms with E-state index in [0.717, 1.165) is 44.4 Å². The number of carbonyl (C=O) groups is 1. The third-order valence-corrected chi connectivity index (χ3v) is 4.75. The number of hydrogen-bond donors (Lipinski definition) is 1. The first-order valence-electron chi connectivity index (χ1n) is 7.12. The number of nitrogens with zero attached hydrogens (tertiary/aromatic N) is 1. The van der Waals surface area contributed by atoms with Crippen molar-refractivity contribution in [3.05, 3.63) is 0 Å². The van der Waals surface area contributed by atoms with Crippen molar-refractivity contribution in [3.8, 4) is 0 Å². The second kappa shape index (κ2) is 7.39. The maximum atomic E-state index is 12.8. The molecule has 1 heterocycles. The van der Waals surface area contributed by atoms with E-state index in [9.17, 15) is 4.79 Å². The lowest BCUT2D eigenvalue weighted by Crippen LogP contribution is -2.56. The van der Waals surface area contributed by atoms with Crippen molar-refractivity contribution < 1.29 is 4.79 Å². The van der Waals surface area contributed by atoms with Crippen LogP contribution in [0.1, 0.15) is 46.0 Å². The Hall–Kier alpha value is -0.220. The molecule has 1 rings (SSSR count). The van der Waals surface area contributed by atoms with Gasteiger partial charge >= 0.3 is 0 Å². The maximum absolute atomic E-state index is 12.8. The number of hydrogen-bond acceptors (Lipinski definition) is 3. The van der Waals surface area contributed by atoms with Crippen molar-refractivity contribution >= 4 is 17.7 Å². The topological polar surface area (TPSA) is 32.3 Å². The molecule has 0 spiro atoms. The van der Waals surface area contributed by atoms with E-state index in [2.05, 4.69) is 25.4 Å². The summed E-state index contributed by atoms with van der Waals surface area (Å²) in [5.74, 6) is 1.34. The highest BCUT2D eigenvalue weighted by Gasteiger charge is 2.42. The Kier molecular flexibility index (Phi) is 6.50. The van der Waals surface area contributed by atoms with Crippen LogP contribution in [0.4, 0.5) is 0 Å². The minimum absolute atomic E-state index is 0.269. The molecular weight excluding hydrogens is 244 g/mol. The summed E-state index contributed by atoms with van der Waals surface area (Å²) >= 11 is 1.82. The van der Waals surface area contributed by atoms with Crippen molar-refractivity contribution in [2.45, 2.75) is 57.5 Å². The van der Waals surface area contributed by atoms with E-state index in [0.29, 0.717) is 11.9 Å². The molecule has 0 aliphatic carbocycles. The Labute approximate surface area is 116 Å². The molecule has 0 radical (unpaired) electrons. The molecule has 0 bridgehead atoms. The smallest absolute Gasteiger partial charge is 0.242 e. The molecule has 0 aromatic heterocycles. The van der Waals surface area contributed by atoms with Gasteiger partial charge in [-0.15, -0.1) is 0 Å². The SMILES string of the molecule is CCCC1(C(=O)N(C)C(CC)CSC)CCCN1. The standard InChI is InChI=1S/C14H28N2OS/c1-5-8-14(9-7-10-15-14)13(17)16(3)12(6-2)11-18-4/h12,15H,5-11H2,1-4H3. The molecule has 1 amide bonds. The zero-order chi connectivity index (χ0) is 13.6. The molecule has 2 unspecified atom stereocenters. The van der Waals surface area contributed by atoms with Crippen LogP contribution in [0.15, 0.2) is 0 Å². The Balaban J connectivity index is 2.75. The van der Waals surface area contributed by atoms with Crippen LogP contribution < -0.4 is 5.32 Å². The van der Waals surface area contributed by atoms with Gasteiger partial charge in [-0.2, -0.15) is 11.8 Å². The summed E-state index contributed by atoms with van der Waals surface area (Å²) in [5.41, 5.74) is -0.269. The lowest BCUT2D eigenvalue weighted by Gasteiger charge is -2.36. The van der Waals surface area contributed by atoms with Gasteiger partial charge in [0, 0.05) is 18.8 Å². The first-order valence-corrected chi connectivity index (χ1v) is 8.52. The molecular formula is C14H28N2OS. The van der Waals surface area contributed by atoms with Gasteiger partial charge in [0.05, 0.1) is 5.54 Å². The van der Waals surface area contributed by atoms with Gasteiger partial charge in [-0.3, -0.25) is 4.79 Å². The summed E-state index contributed by atoms with van der Waals surface area (Å²) in [7, 11) is 1.98. The molecule has 18 heavy (non-hydrogen) atoms. The summed E-state index contributed by atoms with van der Waals surface area (Å²) in [6.45, 7) is 5.31. The number of nitrogens with one attached hydrogen (secondary N) is 1. The number of thioether (sulfide) groups is 1. The monoisotopic (exact) mass is 272 g/mol. The maximum Gasteiger partial charge on any atom is 0.242 e. The second-order valence-electron chi connectivity index (χ2n) is 5.30. The van der Waals surface area contributed by atoms with Gasteiger partial charge in [-0.1, -0.05) is 20.3 Å². The van der Waals surface area contributed by atoms with Crippen LogP contribution in [0.25, 0.3) is 0 Å². The lowest BCUT2D eigenvalue weighted by atomic mass is 9.89. The Morgan fingerprint density at radius 1 is 1.50 bits per heavy atom. The average Bonchev–Trinajstić information content (AvgIpc) is 2.84. The predicted molar refractivity (Wildman–Crippen MR) is 80.1 cm³/mol. The van der Waals surface area contributed by atoms with Gasteiger partial charge in [-0.05, 0) is 38.5 Å². The third-order valence-electron chi connectivity index (χ3n) is 4.03. The number of carbonyl (C=O) groups excluding carboxylic acids is 1. The molecule has 1 fully saturated rings. The molecule has 1 saturated heterocycles. The molecule has 0 aromatic rings. The van der Waals surface area contributed by atoms with E-state index in [-0.39, 0.29) is 5.54 Å². The van der Waals surface area contributed by atoms with Gasteiger partial charge in [0.2, 0.25) is 5.91 Å². The number of amides is 1. The molecule has 106 valence electrons. The Morgan fingerprint density at radius 2 is 2.22 bits per heavy atom. The van der Waals surface area contributed by atoms with Gasteiger partial charge in [0.15, 0.2) is 0 Å². The van der Waals surface area contributed by atoms with Crippen molar-refractivity contribution in [2.24, 2.45) is 0 Å². The Bertz CT molecular complexity index is 265. The van der Waals surface area contributed by atoms with E-state index < -0.39 is 0 Å². The molecule has 1 aliphatic rings. The van der Waals surface area contributed by atoms with Crippen LogP contribution >= 0.6 is 11.8 Å². The van der Waals surface area contributed by atoms with Crippen LogP contribution in [0.2, 0.25) is 0 Å². The van der Waals surface area contributed by atoms with Crippen LogP contribution in [0, 0.1) is 0 Å². The lowest BCUT2D eigenvalue weighted by molar-refractivity contribution is -0.138. The molecule has 3 nitrogen and oxygen atoms in total. The van der Waals surface area contributed by atoms with E-state index in [1.807, 2.05) is 23.7 Å². The fourth-order valence-electron chi connectivity index (χ4n) is 2.94. The van der Waals surface area contributed by atoms with Crippen LogP contribution in [-0.4, -0.2) is 48.0 Å². The minimum Gasteiger partial charge on any atom is -0.340 e. The third kappa shape index (κ3) is 3.41. The molecule has 1 N–H and O–H groups in total. The van der Waals surface area contributed by atoms with Gasteiger partial charge in [0.25, 0.3) is 0 Å². The van der Waals surface area contributed by atoms with Gasteiger partial charge in [-0.25, -0.2) is 0 Å². The van der Waals surface area contributed by atoms with Crippen molar-refractivity contribution in [1.82, 2.24) is 10.2 Å². The fraction of sp³-hybridized carbons (Fsp3) is 0.929. The van der Waals surface area contributed by atoms with E-state index >= 15 is 0 Å². The number of rotatable bonds is 7. The molecule has 0 aromatic carbocycles. The highest BCUT2D eigenvalue weighted by molar-refractivity contribution is 7.98. The first-order chi connectivity index (χ1) is 8.61. The predicted octanol–water partition coefficient (Wildman–Crippen LogP) is 2.51. The normalized spacial score (nSPS) is 25.1. The largest absolute Gasteiger partial charge is 0.340 e. The summed E-state index contributed by atoms with van der Waals surface area (Å²) in [6, 6.07) is 0.364. The van der Waals surface area contributed by atoms with E-state index in [4.69, 9.17) is 0 Å². The minimum atomic E-state index is -0.269. The van der Waals surface area contributed by atoms with Crippen molar-refractivity contribution in [3.63, 3.8) is 0 Å². The van der Waals surface area contributed by atoms with Gasteiger partial charge in [0.1, 0.15) is 0 Å². The van der Waals surface area contributed by atoms with Gasteiger partial charge < -0.3 is 10.2 Å². The molecule has 1 aliphatic heterocycles. The first kappa shape index (κ1) is 15.8. The number of likely N-dealkylation sites (N-methyl/N-ethyl adjacent to an activating group) is 1. The summed E-state index contributed by atoms with van der Waals surface area (Å²) < 4.78 is 0. The van der Waals surface area contributed by atoms with E-state index in [1.54, 1.807) is 0 Å². The van der Waals surface area contributed by atoms with Crippen LogP contribution in [0.5, 0.6) is 0 Å². The van der Waals surface area contributed by atoms with Crippen LogP contribution in [-0.2, 0) is 4.79 Å². The van der Waals surface area contributed by atoms with Crippen molar-refractivity contribution in [2.75, 3.05) is 25.6 Å².